The van der Waals surface area contributed by atoms with Crippen molar-refractivity contribution in [2.45, 2.75) is 26.8 Å². The highest BCUT2D eigenvalue weighted by molar-refractivity contribution is 7.18. The molecule has 0 saturated carbocycles. The third-order valence-corrected chi connectivity index (χ3v) is 4.19. The van der Waals surface area contributed by atoms with Gasteiger partial charge in [-0.15, -0.1) is 0 Å². The molecule has 0 unspecified atom stereocenters. The van der Waals surface area contributed by atoms with Crippen LogP contribution in [0.5, 0.6) is 0 Å². The van der Waals surface area contributed by atoms with Crippen molar-refractivity contribution in [2.24, 2.45) is 7.05 Å². The lowest BCUT2D eigenvalue weighted by Gasteiger charge is -2.03. The van der Waals surface area contributed by atoms with E-state index in [1.54, 1.807) is 10.9 Å². The van der Waals surface area contributed by atoms with Crippen LogP contribution < -0.4 is 16.4 Å². The quantitative estimate of drug-likeness (QED) is 0.751. The summed E-state index contributed by atoms with van der Waals surface area (Å²) in [7, 11) is 1.87. The lowest BCUT2D eigenvalue weighted by Crippen LogP contribution is -2.23. The number of nitrogens with one attached hydrogen (secondary N) is 2. The molecule has 7 nitrogen and oxygen atoms in total. The maximum Gasteiger partial charge on any atom is 0.265 e. The first kappa shape index (κ1) is 15.3. The summed E-state index contributed by atoms with van der Waals surface area (Å²) in [6.45, 7) is 5.26. The van der Waals surface area contributed by atoms with Crippen molar-refractivity contribution in [3.05, 3.63) is 22.3 Å². The Kier molecular flexibility index (Phi) is 4.79. The molecular weight excluding hydrogens is 288 g/mol. The second kappa shape index (κ2) is 6.57. The Morgan fingerprint density at radius 2 is 2.29 bits per heavy atom. The Balaban J connectivity index is 2.00. The number of aromatic nitrogens is 3. The first-order chi connectivity index (χ1) is 10.0. The number of aryl methyl sites for hydroxylation is 1. The molecule has 0 spiro atoms. The van der Waals surface area contributed by atoms with Crippen molar-refractivity contribution < 1.29 is 4.79 Å². The summed E-state index contributed by atoms with van der Waals surface area (Å²) in [5.74, 6) is 0.0526. The first-order valence-corrected chi connectivity index (χ1v) is 7.60. The van der Waals surface area contributed by atoms with Crippen LogP contribution in [0.2, 0.25) is 0 Å². The Hall–Kier alpha value is -2.09. The van der Waals surface area contributed by atoms with E-state index in [0.29, 0.717) is 16.6 Å². The van der Waals surface area contributed by atoms with Crippen LogP contribution in [0.4, 0.5) is 10.9 Å². The minimum absolute atomic E-state index is 0.210. The number of carbonyl (C=O) groups is 1. The van der Waals surface area contributed by atoms with E-state index >= 15 is 0 Å². The van der Waals surface area contributed by atoms with Gasteiger partial charge in [0, 0.05) is 31.4 Å². The summed E-state index contributed by atoms with van der Waals surface area (Å²) >= 11 is 1.27. The van der Waals surface area contributed by atoms with Gasteiger partial charge in [-0.3, -0.25) is 9.48 Å². The third kappa shape index (κ3) is 3.52. The predicted octanol–water partition coefficient (Wildman–Crippen LogP) is 1.52. The Bertz CT molecular complexity index is 633. The molecule has 0 bridgehead atoms. The number of hydrogen-bond acceptors (Lipinski definition) is 6. The van der Waals surface area contributed by atoms with Gasteiger partial charge in [0.25, 0.3) is 5.91 Å². The number of carbonyl (C=O) groups excluding carboxylic acids is 1. The number of rotatable bonds is 6. The van der Waals surface area contributed by atoms with E-state index in [0.717, 1.165) is 24.2 Å². The zero-order chi connectivity index (χ0) is 15.4. The Labute approximate surface area is 127 Å². The largest absolute Gasteiger partial charge is 0.382 e. The summed E-state index contributed by atoms with van der Waals surface area (Å²) < 4.78 is 1.77. The zero-order valence-corrected chi connectivity index (χ0v) is 13.3. The minimum atomic E-state index is -0.210. The van der Waals surface area contributed by atoms with Crippen molar-refractivity contribution in [2.75, 3.05) is 17.6 Å². The molecule has 0 radical (unpaired) electrons. The van der Waals surface area contributed by atoms with Crippen LogP contribution in [0.3, 0.4) is 0 Å². The van der Waals surface area contributed by atoms with Crippen LogP contribution >= 0.6 is 11.3 Å². The van der Waals surface area contributed by atoms with Crippen LogP contribution in [0.25, 0.3) is 0 Å². The lowest BCUT2D eigenvalue weighted by molar-refractivity contribution is 0.0955. The minimum Gasteiger partial charge on any atom is -0.382 e. The summed E-state index contributed by atoms with van der Waals surface area (Å²) in [5, 5.41) is 10.8. The second-order valence-corrected chi connectivity index (χ2v) is 5.72. The topological polar surface area (TPSA) is 97.9 Å². The molecule has 0 aliphatic carbocycles. The van der Waals surface area contributed by atoms with Gasteiger partial charge in [-0.2, -0.15) is 5.10 Å². The predicted molar refractivity (Wildman–Crippen MR) is 84.4 cm³/mol. The van der Waals surface area contributed by atoms with Gasteiger partial charge >= 0.3 is 0 Å². The van der Waals surface area contributed by atoms with Crippen molar-refractivity contribution in [1.29, 1.82) is 0 Å². The Morgan fingerprint density at radius 3 is 2.90 bits per heavy atom. The van der Waals surface area contributed by atoms with Crippen molar-refractivity contribution in [3.63, 3.8) is 0 Å². The number of nitrogens with two attached hydrogens (primary N) is 1. The van der Waals surface area contributed by atoms with E-state index in [1.807, 2.05) is 14.0 Å². The molecule has 2 heterocycles. The molecule has 2 rings (SSSR count). The number of nitrogen functional groups attached to an aromatic ring is 1. The highest BCUT2D eigenvalue weighted by Crippen LogP contribution is 2.24. The monoisotopic (exact) mass is 308 g/mol. The molecule has 0 aromatic carbocycles. The molecule has 1 amide bonds. The van der Waals surface area contributed by atoms with E-state index in [2.05, 4.69) is 27.6 Å². The molecule has 21 heavy (non-hydrogen) atoms. The highest BCUT2D eigenvalue weighted by Gasteiger charge is 2.16. The summed E-state index contributed by atoms with van der Waals surface area (Å²) in [6, 6.07) is 0. The Morgan fingerprint density at radius 1 is 1.52 bits per heavy atom. The molecule has 114 valence electrons. The van der Waals surface area contributed by atoms with Crippen LogP contribution in [0.15, 0.2) is 6.20 Å². The van der Waals surface area contributed by atoms with E-state index in [1.165, 1.54) is 11.3 Å². The van der Waals surface area contributed by atoms with Crippen molar-refractivity contribution in [1.82, 2.24) is 20.1 Å². The smallest absolute Gasteiger partial charge is 0.265 e. The molecule has 2 aromatic rings. The standard InChI is InChI=1S/C13H20N6OS/c1-4-5-15-13-18-11(14)10(21-13)12(20)16-6-9-7-17-19(3)8(9)2/h7H,4-6,14H2,1-3H3,(H,15,18)(H,16,20). The summed E-state index contributed by atoms with van der Waals surface area (Å²) in [4.78, 5) is 16.8. The average Bonchev–Trinajstić information content (AvgIpc) is 2.99. The molecule has 4 N–H and O–H groups in total. The van der Waals surface area contributed by atoms with Gasteiger partial charge in [-0.05, 0) is 13.3 Å². The van der Waals surface area contributed by atoms with Gasteiger partial charge in [-0.1, -0.05) is 18.3 Å². The normalized spacial score (nSPS) is 10.6. The molecular formula is C13H20N6OS. The number of hydrogen-bond donors (Lipinski definition) is 3. The van der Waals surface area contributed by atoms with Crippen LogP contribution in [-0.2, 0) is 13.6 Å². The number of amides is 1. The van der Waals surface area contributed by atoms with Gasteiger partial charge in [0.1, 0.15) is 10.7 Å². The third-order valence-electron chi connectivity index (χ3n) is 3.16. The van der Waals surface area contributed by atoms with Crippen LogP contribution in [-0.4, -0.2) is 27.2 Å². The first-order valence-electron chi connectivity index (χ1n) is 6.78. The fraction of sp³-hybridized carbons (Fsp3) is 0.462. The van der Waals surface area contributed by atoms with Gasteiger partial charge in [0.2, 0.25) is 0 Å². The van der Waals surface area contributed by atoms with Gasteiger partial charge in [0.05, 0.1) is 6.20 Å². The number of nitrogens with zero attached hydrogens (tertiary/aromatic N) is 3. The number of thiazole rings is 1. The fourth-order valence-corrected chi connectivity index (χ4v) is 2.60. The van der Waals surface area contributed by atoms with E-state index < -0.39 is 0 Å². The molecule has 0 aliphatic rings. The molecule has 2 aromatic heterocycles. The van der Waals surface area contributed by atoms with E-state index in [9.17, 15) is 4.79 Å². The zero-order valence-electron chi connectivity index (χ0n) is 12.4. The van der Waals surface area contributed by atoms with Crippen LogP contribution in [0, 0.1) is 6.92 Å². The maximum absolute atomic E-state index is 12.2. The van der Waals surface area contributed by atoms with E-state index in [4.69, 9.17) is 5.73 Å². The SMILES string of the molecule is CCCNc1nc(N)c(C(=O)NCc2cnn(C)c2C)s1. The van der Waals surface area contributed by atoms with Gasteiger partial charge < -0.3 is 16.4 Å². The molecule has 8 heteroatoms. The fourth-order valence-electron chi connectivity index (χ4n) is 1.78. The average molecular weight is 308 g/mol. The second-order valence-electron chi connectivity index (χ2n) is 4.72. The van der Waals surface area contributed by atoms with Gasteiger partial charge in [-0.25, -0.2) is 4.98 Å². The molecule has 0 atom stereocenters. The maximum atomic E-state index is 12.2. The molecule has 0 fully saturated rings. The van der Waals surface area contributed by atoms with Crippen molar-refractivity contribution in [3.8, 4) is 0 Å². The van der Waals surface area contributed by atoms with Crippen LogP contribution in [0.1, 0.15) is 34.3 Å². The number of anilines is 2. The molecule has 0 aliphatic heterocycles. The summed E-state index contributed by atoms with van der Waals surface area (Å²) in [6.07, 6.45) is 2.74. The highest BCUT2D eigenvalue weighted by atomic mass is 32.1. The van der Waals surface area contributed by atoms with Crippen molar-refractivity contribution >= 4 is 28.2 Å². The summed E-state index contributed by atoms with van der Waals surface area (Å²) in [5.41, 5.74) is 7.81. The lowest BCUT2D eigenvalue weighted by atomic mass is 10.2. The van der Waals surface area contributed by atoms with Gasteiger partial charge in [0.15, 0.2) is 5.13 Å². The van der Waals surface area contributed by atoms with E-state index in [-0.39, 0.29) is 11.7 Å². The molecule has 0 saturated heterocycles.